The Bertz CT molecular complexity index is 1030. The number of hydrogen-bond acceptors (Lipinski definition) is 6. The van der Waals surface area contributed by atoms with Crippen LogP contribution in [-0.2, 0) is 10.9 Å². The predicted molar refractivity (Wildman–Crippen MR) is 117 cm³/mol. The van der Waals surface area contributed by atoms with Gasteiger partial charge in [0.05, 0.1) is 23.4 Å². The van der Waals surface area contributed by atoms with Gasteiger partial charge in [-0.2, -0.15) is 13.2 Å². The second-order valence-electron chi connectivity index (χ2n) is 6.78. The highest BCUT2D eigenvalue weighted by atomic mass is 79.9. The van der Waals surface area contributed by atoms with Gasteiger partial charge in [-0.15, -0.1) is 11.3 Å². The maximum Gasteiger partial charge on any atom is 0.416 e. The van der Waals surface area contributed by atoms with Gasteiger partial charge in [-0.05, 0) is 19.1 Å². The number of carbonyl (C=O) groups is 1. The van der Waals surface area contributed by atoms with Crippen molar-refractivity contribution in [2.45, 2.75) is 30.5 Å². The normalized spacial score (nSPS) is 17.4. The molecular formula is C21H20BrF3N2O3S. The van der Waals surface area contributed by atoms with Crippen molar-refractivity contribution < 1.29 is 27.4 Å². The maximum atomic E-state index is 13.4. The molecule has 0 bridgehead atoms. The molecule has 0 spiro atoms. The Morgan fingerprint density at radius 3 is 2.71 bits per heavy atom. The zero-order valence-corrected chi connectivity index (χ0v) is 19.0. The van der Waals surface area contributed by atoms with Crippen LogP contribution in [0.4, 0.5) is 18.2 Å². The first-order chi connectivity index (χ1) is 14.6. The van der Waals surface area contributed by atoms with Gasteiger partial charge in [-0.25, -0.2) is 4.79 Å². The van der Waals surface area contributed by atoms with Gasteiger partial charge in [-0.3, -0.25) is 0 Å². The molecule has 1 aliphatic rings. The molecule has 10 heteroatoms. The summed E-state index contributed by atoms with van der Waals surface area (Å²) in [5.74, 6) is -0.521. The molecule has 166 valence electrons. The standard InChI is InChI=1S/C21H20BrF3N2O3S/c1-11(13-5-3-4-6-14(13)21(23,24)25)30-17-10-18(31-19(17)20(28)29-2)27-16-8-7-12(22)9-15(16)26/h3-8,10-12,27H,9,26H2,1-2H3/t11-,12?/m1/s1. The Morgan fingerprint density at radius 2 is 2.06 bits per heavy atom. The molecule has 5 nitrogen and oxygen atoms in total. The molecule has 1 heterocycles. The minimum Gasteiger partial charge on any atom is -0.484 e. The van der Waals surface area contributed by atoms with Crippen LogP contribution in [-0.4, -0.2) is 17.9 Å². The van der Waals surface area contributed by atoms with Crippen LogP contribution >= 0.6 is 27.3 Å². The van der Waals surface area contributed by atoms with Gasteiger partial charge < -0.3 is 20.5 Å². The molecule has 3 rings (SSSR count). The van der Waals surface area contributed by atoms with Crippen LogP contribution in [0.5, 0.6) is 5.75 Å². The fourth-order valence-electron chi connectivity index (χ4n) is 3.07. The van der Waals surface area contributed by atoms with E-state index in [1.54, 1.807) is 6.07 Å². The van der Waals surface area contributed by atoms with Gasteiger partial charge in [-0.1, -0.05) is 40.2 Å². The van der Waals surface area contributed by atoms with Gasteiger partial charge in [0, 0.05) is 28.6 Å². The lowest BCUT2D eigenvalue weighted by Crippen LogP contribution is -2.15. The third kappa shape index (κ3) is 5.43. The summed E-state index contributed by atoms with van der Waals surface area (Å²) in [5, 5.41) is 3.68. The molecule has 0 aliphatic heterocycles. The molecular weight excluding hydrogens is 497 g/mol. The molecule has 2 aromatic rings. The molecule has 0 radical (unpaired) electrons. The molecule has 31 heavy (non-hydrogen) atoms. The molecule has 3 N–H and O–H groups in total. The topological polar surface area (TPSA) is 73.6 Å². The number of anilines is 1. The summed E-state index contributed by atoms with van der Waals surface area (Å²) in [5.41, 5.74) is 6.56. The SMILES string of the molecule is COC(=O)c1sc(NC2=C(N)CC(Br)C=C2)cc1O[C@H](C)c1ccccc1C(F)(F)F. The lowest BCUT2D eigenvalue weighted by Gasteiger charge is -2.19. The van der Waals surface area contributed by atoms with Crippen LogP contribution in [0.1, 0.15) is 40.2 Å². The summed E-state index contributed by atoms with van der Waals surface area (Å²) < 4.78 is 50.7. The summed E-state index contributed by atoms with van der Waals surface area (Å²) in [4.78, 5) is 12.5. The Balaban J connectivity index is 1.90. The third-order valence-corrected chi connectivity index (χ3v) is 6.21. The molecule has 1 unspecified atom stereocenters. The van der Waals surface area contributed by atoms with Crippen molar-refractivity contribution in [3.8, 4) is 5.75 Å². The van der Waals surface area contributed by atoms with E-state index in [4.69, 9.17) is 15.2 Å². The van der Waals surface area contributed by atoms with Gasteiger partial charge in [0.25, 0.3) is 0 Å². The Labute approximate surface area is 189 Å². The van der Waals surface area contributed by atoms with Crippen LogP contribution < -0.4 is 15.8 Å². The molecule has 2 atom stereocenters. The third-order valence-electron chi connectivity index (χ3n) is 4.57. The van der Waals surface area contributed by atoms with E-state index in [9.17, 15) is 18.0 Å². The predicted octanol–water partition coefficient (Wildman–Crippen LogP) is 6.00. The van der Waals surface area contributed by atoms with E-state index in [1.807, 2.05) is 12.2 Å². The number of alkyl halides is 4. The monoisotopic (exact) mass is 516 g/mol. The molecule has 1 aliphatic carbocycles. The van der Waals surface area contributed by atoms with Gasteiger partial charge >= 0.3 is 12.1 Å². The van der Waals surface area contributed by atoms with E-state index >= 15 is 0 Å². The van der Waals surface area contributed by atoms with Crippen LogP contribution in [0.3, 0.4) is 0 Å². The fourth-order valence-corrected chi connectivity index (χ4v) is 4.50. The van der Waals surface area contributed by atoms with Crippen LogP contribution in [0.2, 0.25) is 0 Å². The van der Waals surface area contributed by atoms with Crippen molar-refractivity contribution >= 4 is 38.2 Å². The molecule has 0 saturated carbocycles. The highest BCUT2D eigenvalue weighted by Gasteiger charge is 2.35. The largest absolute Gasteiger partial charge is 0.484 e. The van der Waals surface area contributed by atoms with E-state index in [-0.39, 0.29) is 21.0 Å². The van der Waals surface area contributed by atoms with Crippen molar-refractivity contribution in [2.24, 2.45) is 5.73 Å². The van der Waals surface area contributed by atoms with Crippen LogP contribution in [0.15, 0.2) is 53.9 Å². The Hall–Kier alpha value is -2.46. The van der Waals surface area contributed by atoms with E-state index in [0.29, 0.717) is 22.8 Å². The minimum absolute atomic E-state index is 0.0305. The first kappa shape index (κ1) is 23.2. The number of ether oxygens (including phenoxy) is 2. The first-order valence-corrected chi connectivity index (χ1v) is 11.0. The summed E-state index contributed by atoms with van der Waals surface area (Å²) in [6, 6.07) is 6.73. The second-order valence-corrected chi connectivity index (χ2v) is 9.01. The number of thiophene rings is 1. The number of halogens is 4. The first-order valence-electron chi connectivity index (χ1n) is 9.23. The summed E-state index contributed by atoms with van der Waals surface area (Å²) in [6.45, 7) is 1.50. The highest BCUT2D eigenvalue weighted by molar-refractivity contribution is 9.09. The fraction of sp³-hybridized carbons (Fsp3) is 0.286. The van der Waals surface area contributed by atoms with Crippen LogP contribution in [0.25, 0.3) is 0 Å². The Morgan fingerprint density at radius 1 is 1.35 bits per heavy atom. The summed E-state index contributed by atoms with van der Waals surface area (Å²) in [6.07, 6.45) is -1.12. The van der Waals surface area contributed by atoms with Crippen molar-refractivity contribution in [1.29, 1.82) is 0 Å². The number of hydrogen-bond donors (Lipinski definition) is 2. The van der Waals surface area contributed by atoms with E-state index in [0.717, 1.165) is 17.4 Å². The summed E-state index contributed by atoms with van der Waals surface area (Å²) in [7, 11) is 1.22. The van der Waals surface area contributed by atoms with Crippen LogP contribution in [0, 0.1) is 0 Å². The van der Waals surface area contributed by atoms with Gasteiger partial charge in [0.15, 0.2) is 4.88 Å². The number of methoxy groups -OCH3 is 1. The molecule has 1 aromatic carbocycles. The van der Waals surface area contributed by atoms with E-state index < -0.39 is 23.8 Å². The molecule has 0 amide bonds. The minimum atomic E-state index is -4.52. The smallest absolute Gasteiger partial charge is 0.416 e. The second kappa shape index (κ2) is 9.35. The van der Waals surface area contributed by atoms with Gasteiger partial charge in [0.1, 0.15) is 11.9 Å². The lowest BCUT2D eigenvalue weighted by atomic mass is 10.0. The lowest BCUT2D eigenvalue weighted by molar-refractivity contribution is -0.139. The molecule has 1 aromatic heterocycles. The zero-order valence-electron chi connectivity index (χ0n) is 16.6. The van der Waals surface area contributed by atoms with Gasteiger partial charge in [0.2, 0.25) is 0 Å². The molecule has 0 fully saturated rings. The average Bonchev–Trinajstić information content (AvgIpc) is 3.11. The van der Waals surface area contributed by atoms with Crippen molar-refractivity contribution in [1.82, 2.24) is 0 Å². The summed E-state index contributed by atoms with van der Waals surface area (Å²) >= 11 is 4.53. The number of nitrogens with two attached hydrogens (primary N) is 1. The highest BCUT2D eigenvalue weighted by Crippen LogP contribution is 2.40. The maximum absolute atomic E-state index is 13.4. The van der Waals surface area contributed by atoms with Crippen molar-refractivity contribution in [3.05, 3.63) is 69.9 Å². The molecule has 0 saturated heterocycles. The number of rotatable bonds is 6. The zero-order chi connectivity index (χ0) is 22.8. The average molecular weight is 517 g/mol. The van der Waals surface area contributed by atoms with E-state index in [1.165, 1.54) is 32.2 Å². The van der Waals surface area contributed by atoms with Crippen molar-refractivity contribution in [3.63, 3.8) is 0 Å². The number of benzene rings is 1. The number of nitrogens with one attached hydrogen (secondary N) is 1. The van der Waals surface area contributed by atoms with Crippen molar-refractivity contribution in [2.75, 3.05) is 12.4 Å². The number of allylic oxidation sites excluding steroid dienone is 3. The quantitative estimate of drug-likeness (QED) is 0.363. The Kier molecular flexibility index (Phi) is 7.00. The number of esters is 1. The number of carbonyl (C=O) groups excluding carboxylic acids is 1. The van der Waals surface area contributed by atoms with E-state index in [2.05, 4.69) is 21.2 Å².